The van der Waals surface area contributed by atoms with Crippen molar-refractivity contribution in [2.75, 3.05) is 20.8 Å². The standard InChI is InChI=1S/C21H20N2O5/c1-26-19-8-6-15(12-20(19)27-2)18(24)13-28-17-5-3-4-14(11-17)10-16-7-9-21(25)23-22-16/h3-9,11-12H,10,13H2,1-2H3,(H,23,25). The van der Waals surface area contributed by atoms with Crippen LogP contribution in [0.1, 0.15) is 21.6 Å². The van der Waals surface area contributed by atoms with E-state index in [2.05, 4.69) is 10.2 Å². The number of aromatic nitrogens is 2. The van der Waals surface area contributed by atoms with E-state index in [4.69, 9.17) is 14.2 Å². The molecule has 2 aromatic carbocycles. The van der Waals surface area contributed by atoms with Gasteiger partial charge in [0, 0.05) is 18.1 Å². The first-order chi connectivity index (χ1) is 13.6. The van der Waals surface area contributed by atoms with Gasteiger partial charge >= 0.3 is 0 Å². The summed E-state index contributed by atoms with van der Waals surface area (Å²) in [6.07, 6.45) is 0.539. The van der Waals surface area contributed by atoms with E-state index in [1.54, 1.807) is 30.3 Å². The Morgan fingerprint density at radius 3 is 2.54 bits per heavy atom. The molecule has 7 heteroatoms. The molecule has 0 amide bonds. The van der Waals surface area contributed by atoms with Crippen molar-refractivity contribution in [3.8, 4) is 17.2 Å². The van der Waals surface area contributed by atoms with Crippen LogP contribution in [0.5, 0.6) is 17.2 Å². The number of methoxy groups -OCH3 is 2. The normalized spacial score (nSPS) is 10.4. The molecule has 0 aliphatic heterocycles. The van der Waals surface area contributed by atoms with Crippen molar-refractivity contribution >= 4 is 5.78 Å². The lowest BCUT2D eigenvalue weighted by atomic mass is 10.1. The van der Waals surface area contributed by atoms with Gasteiger partial charge in [-0.15, -0.1) is 0 Å². The third-order valence-electron chi connectivity index (χ3n) is 4.10. The number of ketones is 1. The SMILES string of the molecule is COc1ccc(C(=O)COc2cccc(Cc3ccc(=O)[nH]n3)c2)cc1OC. The number of hydrogen-bond acceptors (Lipinski definition) is 6. The minimum atomic E-state index is -0.241. The largest absolute Gasteiger partial charge is 0.493 e. The molecule has 0 aliphatic carbocycles. The van der Waals surface area contributed by atoms with Crippen LogP contribution in [0.3, 0.4) is 0 Å². The smallest absolute Gasteiger partial charge is 0.264 e. The number of Topliss-reactive ketones (excluding diaryl/α,β-unsaturated/α-hetero) is 1. The van der Waals surface area contributed by atoms with E-state index in [1.807, 2.05) is 18.2 Å². The van der Waals surface area contributed by atoms with Crippen molar-refractivity contribution in [2.24, 2.45) is 0 Å². The number of benzene rings is 2. The maximum atomic E-state index is 12.4. The Bertz CT molecular complexity index is 1010. The van der Waals surface area contributed by atoms with E-state index >= 15 is 0 Å². The van der Waals surface area contributed by atoms with Gasteiger partial charge in [0.1, 0.15) is 5.75 Å². The van der Waals surface area contributed by atoms with Gasteiger partial charge in [-0.1, -0.05) is 12.1 Å². The summed E-state index contributed by atoms with van der Waals surface area (Å²) in [6, 6.07) is 15.5. The van der Waals surface area contributed by atoms with Gasteiger partial charge in [0.15, 0.2) is 23.9 Å². The molecular weight excluding hydrogens is 360 g/mol. The van der Waals surface area contributed by atoms with Crippen LogP contribution in [-0.4, -0.2) is 36.8 Å². The Kier molecular flexibility index (Phi) is 6.06. The van der Waals surface area contributed by atoms with Crippen LogP contribution in [0, 0.1) is 0 Å². The molecule has 0 unspecified atom stereocenters. The zero-order valence-electron chi connectivity index (χ0n) is 15.6. The number of aromatic amines is 1. The van der Waals surface area contributed by atoms with Gasteiger partial charge in [-0.25, -0.2) is 5.10 Å². The lowest BCUT2D eigenvalue weighted by Crippen LogP contribution is -2.12. The number of carbonyl (C=O) groups is 1. The monoisotopic (exact) mass is 380 g/mol. The third-order valence-corrected chi connectivity index (χ3v) is 4.10. The van der Waals surface area contributed by atoms with Gasteiger partial charge in [0.25, 0.3) is 5.56 Å². The highest BCUT2D eigenvalue weighted by atomic mass is 16.5. The topological polar surface area (TPSA) is 90.5 Å². The van der Waals surface area contributed by atoms with Crippen LogP contribution in [-0.2, 0) is 6.42 Å². The van der Waals surface area contributed by atoms with Crippen molar-refractivity contribution in [2.45, 2.75) is 6.42 Å². The molecule has 3 rings (SSSR count). The zero-order chi connectivity index (χ0) is 19.9. The number of rotatable bonds is 8. The molecule has 0 spiro atoms. The first-order valence-electron chi connectivity index (χ1n) is 8.60. The van der Waals surface area contributed by atoms with Crippen molar-refractivity contribution in [1.29, 1.82) is 0 Å². The average Bonchev–Trinajstić information content (AvgIpc) is 2.73. The van der Waals surface area contributed by atoms with E-state index in [-0.39, 0.29) is 17.9 Å². The summed E-state index contributed by atoms with van der Waals surface area (Å²) >= 11 is 0. The third kappa shape index (κ3) is 4.76. The minimum absolute atomic E-state index is 0.101. The Morgan fingerprint density at radius 1 is 1.00 bits per heavy atom. The molecule has 0 radical (unpaired) electrons. The van der Waals surface area contributed by atoms with E-state index in [0.717, 1.165) is 11.3 Å². The molecule has 0 atom stereocenters. The van der Waals surface area contributed by atoms with E-state index < -0.39 is 0 Å². The Balaban J connectivity index is 1.65. The average molecular weight is 380 g/mol. The lowest BCUT2D eigenvalue weighted by molar-refractivity contribution is 0.0921. The summed E-state index contributed by atoms with van der Waals surface area (Å²) in [6.45, 7) is -0.101. The summed E-state index contributed by atoms with van der Waals surface area (Å²) in [5.74, 6) is 1.46. The van der Waals surface area contributed by atoms with Gasteiger partial charge in [0.2, 0.25) is 0 Å². The van der Waals surface area contributed by atoms with Crippen LogP contribution in [0.15, 0.2) is 59.4 Å². The second-order valence-corrected chi connectivity index (χ2v) is 6.02. The maximum Gasteiger partial charge on any atom is 0.264 e. The molecule has 3 aromatic rings. The number of nitrogens with zero attached hydrogens (tertiary/aromatic N) is 1. The van der Waals surface area contributed by atoms with Crippen molar-refractivity contribution < 1.29 is 19.0 Å². The molecule has 1 N–H and O–H groups in total. The second-order valence-electron chi connectivity index (χ2n) is 6.02. The molecule has 0 saturated carbocycles. The summed E-state index contributed by atoms with van der Waals surface area (Å²) < 4.78 is 16.0. The predicted molar refractivity (Wildman–Crippen MR) is 103 cm³/mol. The molecule has 28 heavy (non-hydrogen) atoms. The molecule has 0 aliphatic rings. The fourth-order valence-corrected chi connectivity index (χ4v) is 2.67. The minimum Gasteiger partial charge on any atom is -0.493 e. The second kappa shape index (κ2) is 8.85. The van der Waals surface area contributed by atoms with E-state index in [1.165, 1.54) is 20.3 Å². The van der Waals surface area contributed by atoms with Crippen molar-refractivity contribution in [1.82, 2.24) is 10.2 Å². The van der Waals surface area contributed by atoms with Crippen LogP contribution in [0.25, 0.3) is 0 Å². The zero-order valence-corrected chi connectivity index (χ0v) is 15.6. The van der Waals surface area contributed by atoms with Crippen LogP contribution < -0.4 is 19.8 Å². The molecule has 0 fully saturated rings. The fourth-order valence-electron chi connectivity index (χ4n) is 2.67. The molecule has 7 nitrogen and oxygen atoms in total. The molecule has 1 aromatic heterocycles. The van der Waals surface area contributed by atoms with E-state index in [0.29, 0.717) is 29.2 Å². The van der Waals surface area contributed by atoms with E-state index in [9.17, 15) is 9.59 Å². The van der Waals surface area contributed by atoms with Crippen LogP contribution in [0.4, 0.5) is 0 Å². The lowest BCUT2D eigenvalue weighted by Gasteiger charge is -2.10. The van der Waals surface area contributed by atoms with Gasteiger partial charge in [-0.2, -0.15) is 5.10 Å². The Morgan fingerprint density at radius 2 is 1.82 bits per heavy atom. The van der Waals surface area contributed by atoms with Crippen molar-refractivity contribution in [3.05, 3.63) is 81.8 Å². The Hall–Kier alpha value is -3.61. The number of carbonyl (C=O) groups excluding carboxylic acids is 1. The highest BCUT2D eigenvalue weighted by molar-refractivity contribution is 5.97. The van der Waals surface area contributed by atoms with Gasteiger partial charge < -0.3 is 14.2 Å². The summed E-state index contributed by atoms with van der Waals surface area (Å²) in [5, 5.41) is 6.40. The Labute approximate surface area is 161 Å². The van der Waals surface area contributed by atoms with Gasteiger partial charge in [0.05, 0.1) is 19.9 Å². The highest BCUT2D eigenvalue weighted by Crippen LogP contribution is 2.27. The first-order valence-corrected chi connectivity index (χ1v) is 8.60. The molecule has 1 heterocycles. The molecule has 0 bridgehead atoms. The van der Waals surface area contributed by atoms with Crippen LogP contribution in [0.2, 0.25) is 0 Å². The number of ether oxygens (including phenoxy) is 3. The quantitative estimate of drug-likeness (QED) is 0.604. The van der Waals surface area contributed by atoms with Gasteiger partial charge in [-0.05, 0) is 42.0 Å². The van der Waals surface area contributed by atoms with Crippen LogP contribution >= 0.6 is 0 Å². The highest BCUT2D eigenvalue weighted by Gasteiger charge is 2.12. The summed E-state index contributed by atoms with van der Waals surface area (Å²) in [4.78, 5) is 23.5. The summed E-state index contributed by atoms with van der Waals surface area (Å²) in [5.41, 5.74) is 1.93. The summed E-state index contributed by atoms with van der Waals surface area (Å²) in [7, 11) is 3.06. The fraction of sp³-hybridized carbons (Fsp3) is 0.190. The van der Waals surface area contributed by atoms with Gasteiger partial charge in [-0.3, -0.25) is 9.59 Å². The molecule has 0 saturated heterocycles. The number of nitrogens with one attached hydrogen (secondary N) is 1. The first kappa shape index (κ1) is 19.2. The number of hydrogen-bond donors (Lipinski definition) is 1. The maximum absolute atomic E-state index is 12.4. The molecular formula is C21H20N2O5. The van der Waals surface area contributed by atoms with Crippen molar-refractivity contribution in [3.63, 3.8) is 0 Å². The predicted octanol–water partition coefficient (Wildman–Crippen LogP) is 2.64. The molecule has 144 valence electrons. The number of H-pyrrole nitrogens is 1.